The molecule has 19 heavy (non-hydrogen) atoms. The van der Waals surface area contributed by atoms with Crippen LogP contribution < -0.4 is 0 Å². The van der Waals surface area contributed by atoms with E-state index >= 15 is 0 Å². The van der Waals surface area contributed by atoms with Crippen molar-refractivity contribution in [3.8, 4) is 0 Å². The molecule has 3 nitrogen and oxygen atoms in total. The van der Waals surface area contributed by atoms with Crippen molar-refractivity contribution in [2.45, 2.75) is 20.3 Å². The fourth-order valence-electron chi connectivity index (χ4n) is 2.05. The van der Waals surface area contributed by atoms with Crippen LogP contribution in [0, 0.1) is 0 Å². The Labute approximate surface area is 113 Å². The molecule has 100 valence electrons. The Bertz CT molecular complexity index is 512. The van der Waals surface area contributed by atoms with Crippen molar-refractivity contribution in [1.82, 2.24) is 0 Å². The minimum atomic E-state index is -0.295. The zero-order valence-corrected chi connectivity index (χ0v) is 11.3. The molecular formula is C16H18O3. The monoisotopic (exact) mass is 258 g/mol. The number of rotatable bonds is 4. The average molecular weight is 258 g/mol. The van der Waals surface area contributed by atoms with E-state index < -0.39 is 0 Å². The molecule has 0 spiro atoms. The smallest absolute Gasteiger partial charge is 0.341 e. The van der Waals surface area contributed by atoms with Crippen molar-refractivity contribution in [3.05, 3.63) is 58.9 Å². The normalized spacial score (nSPS) is 16.6. The van der Waals surface area contributed by atoms with Crippen LogP contribution in [-0.4, -0.2) is 19.2 Å². The first kappa shape index (κ1) is 13.4. The minimum absolute atomic E-state index is 0.295. The van der Waals surface area contributed by atoms with Crippen LogP contribution in [0.1, 0.15) is 19.4 Å². The molecule has 1 aliphatic heterocycles. The first-order valence-electron chi connectivity index (χ1n) is 6.46. The average Bonchev–Trinajstić information content (AvgIpc) is 2.79. The maximum absolute atomic E-state index is 11.9. The van der Waals surface area contributed by atoms with Gasteiger partial charge in [-0.2, -0.15) is 0 Å². The molecule has 0 aromatic heterocycles. The Morgan fingerprint density at radius 3 is 2.79 bits per heavy atom. The summed E-state index contributed by atoms with van der Waals surface area (Å²) in [6, 6.07) is 10.1. The van der Waals surface area contributed by atoms with E-state index in [9.17, 15) is 4.79 Å². The zero-order valence-electron chi connectivity index (χ0n) is 11.3. The summed E-state index contributed by atoms with van der Waals surface area (Å²) in [7, 11) is 0. The van der Waals surface area contributed by atoms with Gasteiger partial charge >= 0.3 is 5.97 Å². The molecule has 0 bridgehead atoms. The zero-order chi connectivity index (χ0) is 13.7. The van der Waals surface area contributed by atoms with E-state index in [1.165, 1.54) is 5.56 Å². The number of carbonyl (C=O) groups is 1. The van der Waals surface area contributed by atoms with Gasteiger partial charge < -0.3 is 9.47 Å². The summed E-state index contributed by atoms with van der Waals surface area (Å²) in [5.41, 5.74) is 2.71. The van der Waals surface area contributed by atoms with Crippen LogP contribution in [0.3, 0.4) is 0 Å². The highest BCUT2D eigenvalue weighted by Gasteiger charge is 2.25. The van der Waals surface area contributed by atoms with E-state index in [0.717, 1.165) is 12.0 Å². The van der Waals surface area contributed by atoms with Gasteiger partial charge in [0.2, 0.25) is 0 Å². The number of hydrogen-bond acceptors (Lipinski definition) is 3. The lowest BCUT2D eigenvalue weighted by molar-refractivity contribution is -0.138. The Morgan fingerprint density at radius 2 is 2.11 bits per heavy atom. The largest absolute Gasteiger partial charge is 0.493 e. The minimum Gasteiger partial charge on any atom is -0.493 e. The maximum Gasteiger partial charge on any atom is 0.341 e. The molecule has 0 N–H and O–H groups in total. The number of hydrogen-bond donors (Lipinski definition) is 0. The molecule has 0 unspecified atom stereocenters. The summed E-state index contributed by atoms with van der Waals surface area (Å²) in [6.45, 7) is 4.43. The van der Waals surface area contributed by atoms with E-state index in [2.05, 4.69) is 12.1 Å². The lowest BCUT2D eigenvalue weighted by atomic mass is 10.0. The Kier molecular flexibility index (Phi) is 4.39. The summed E-state index contributed by atoms with van der Waals surface area (Å²) in [6.07, 6.45) is 2.83. The highest BCUT2D eigenvalue weighted by atomic mass is 16.5. The molecular weight excluding hydrogens is 240 g/mol. The van der Waals surface area contributed by atoms with Crippen LogP contribution in [0.5, 0.6) is 0 Å². The molecule has 1 aromatic carbocycles. The molecule has 0 saturated heterocycles. The molecule has 2 rings (SSSR count). The Morgan fingerprint density at radius 1 is 1.37 bits per heavy atom. The van der Waals surface area contributed by atoms with Crippen LogP contribution in [0.25, 0.3) is 0 Å². The third kappa shape index (κ3) is 3.25. The molecule has 0 fully saturated rings. The van der Waals surface area contributed by atoms with Crippen LogP contribution in [0.15, 0.2) is 53.3 Å². The fourth-order valence-corrected chi connectivity index (χ4v) is 2.05. The second-order valence-electron chi connectivity index (χ2n) is 4.36. The third-order valence-electron chi connectivity index (χ3n) is 3.02. The number of allylic oxidation sites excluding steroid dienone is 2. The molecule has 0 saturated carbocycles. The maximum atomic E-state index is 11.9. The first-order valence-corrected chi connectivity index (χ1v) is 6.46. The quantitative estimate of drug-likeness (QED) is 0.779. The molecule has 3 heteroatoms. The van der Waals surface area contributed by atoms with Crippen molar-refractivity contribution in [2.75, 3.05) is 13.2 Å². The lowest BCUT2D eigenvalue weighted by Crippen LogP contribution is -2.09. The summed E-state index contributed by atoms with van der Waals surface area (Å²) in [5, 5.41) is 0. The number of esters is 1. The van der Waals surface area contributed by atoms with E-state index in [1.54, 1.807) is 13.8 Å². The topological polar surface area (TPSA) is 35.5 Å². The number of benzene rings is 1. The molecule has 0 aliphatic carbocycles. The number of carbonyl (C=O) groups excluding carboxylic acids is 1. The van der Waals surface area contributed by atoms with Gasteiger partial charge in [0.25, 0.3) is 0 Å². The van der Waals surface area contributed by atoms with Gasteiger partial charge in [-0.1, -0.05) is 36.4 Å². The van der Waals surface area contributed by atoms with Crippen LogP contribution in [-0.2, 0) is 20.7 Å². The summed E-state index contributed by atoms with van der Waals surface area (Å²) in [4.78, 5) is 11.9. The summed E-state index contributed by atoms with van der Waals surface area (Å²) in [5.74, 6) is 0.356. The molecule has 0 radical (unpaired) electrons. The van der Waals surface area contributed by atoms with Crippen molar-refractivity contribution >= 4 is 5.97 Å². The molecule has 0 atom stereocenters. The fraction of sp³-hybridized carbons (Fsp3) is 0.312. The van der Waals surface area contributed by atoms with Crippen molar-refractivity contribution < 1.29 is 14.3 Å². The van der Waals surface area contributed by atoms with Gasteiger partial charge in [-0.05, 0) is 25.8 Å². The van der Waals surface area contributed by atoms with Crippen molar-refractivity contribution in [2.24, 2.45) is 0 Å². The van der Waals surface area contributed by atoms with Gasteiger partial charge in [0.05, 0.1) is 6.61 Å². The highest BCUT2D eigenvalue weighted by molar-refractivity contribution is 5.94. The van der Waals surface area contributed by atoms with Crippen LogP contribution >= 0.6 is 0 Å². The highest BCUT2D eigenvalue weighted by Crippen LogP contribution is 2.26. The SMILES string of the molecule is CCOC(=O)C1=C(C)OC/C1=C\Cc1ccccc1. The molecule has 1 heterocycles. The van der Waals surface area contributed by atoms with Crippen LogP contribution in [0.2, 0.25) is 0 Å². The van der Waals surface area contributed by atoms with Gasteiger partial charge in [0, 0.05) is 5.57 Å². The predicted octanol–water partition coefficient (Wildman–Crippen LogP) is 3.02. The molecule has 0 amide bonds. The van der Waals surface area contributed by atoms with E-state index in [1.807, 2.05) is 24.3 Å². The molecule has 1 aliphatic rings. The van der Waals surface area contributed by atoms with Gasteiger partial charge in [-0.25, -0.2) is 4.79 Å². The van der Waals surface area contributed by atoms with Crippen LogP contribution in [0.4, 0.5) is 0 Å². The van der Waals surface area contributed by atoms with E-state index in [-0.39, 0.29) is 5.97 Å². The van der Waals surface area contributed by atoms with Crippen molar-refractivity contribution in [3.63, 3.8) is 0 Å². The first-order chi connectivity index (χ1) is 9.22. The summed E-state index contributed by atoms with van der Waals surface area (Å²) >= 11 is 0. The van der Waals surface area contributed by atoms with Gasteiger partial charge in [-0.15, -0.1) is 0 Å². The predicted molar refractivity (Wildman–Crippen MR) is 73.5 cm³/mol. The number of ether oxygens (including phenoxy) is 2. The third-order valence-corrected chi connectivity index (χ3v) is 3.02. The molecule has 1 aromatic rings. The Balaban J connectivity index is 2.13. The Hall–Kier alpha value is -2.03. The second-order valence-corrected chi connectivity index (χ2v) is 4.36. The van der Waals surface area contributed by atoms with Gasteiger partial charge in [0.1, 0.15) is 17.9 Å². The second kappa shape index (κ2) is 6.23. The van der Waals surface area contributed by atoms with E-state index in [0.29, 0.717) is 24.5 Å². The lowest BCUT2D eigenvalue weighted by Gasteiger charge is -2.04. The van der Waals surface area contributed by atoms with E-state index in [4.69, 9.17) is 9.47 Å². The van der Waals surface area contributed by atoms with Crippen molar-refractivity contribution in [1.29, 1.82) is 0 Å². The summed E-state index contributed by atoms with van der Waals surface area (Å²) < 4.78 is 10.5. The van der Waals surface area contributed by atoms with Gasteiger partial charge in [-0.3, -0.25) is 0 Å². The van der Waals surface area contributed by atoms with Gasteiger partial charge in [0.15, 0.2) is 0 Å². The standard InChI is InChI=1S/C16H18O3/c1-3-18-16(17)15-12(2)19-11-14(15)10-9-13-7-5-4-6-8-13/h4-8,10H,3,9,11H2,1-2H3/b14-10+.